The van der Waals surface area contributed by atoms with Gasteiger partial charge in [0, 0.05) is 12.6 Å². The molecule has 0 spiro atoms. The Morgan fingerprint density at radius 3 is 3.08 bits per heavy atom. The Labute approximate surface area is 75.4 Å². The number of hydrogen-bond donors (Lipinski definition) is 1. The predicted molar refractivity (Wildman–Crippen MR) is 46.5 cm³/mol. The lowest BCUT2D eigenvalue weighted by Crippen LogP contribution is -1.93. The van der Waals surface area contributed by atoms with E-state index in [0.29, 0.717) is 6.42 Å². The minimum absolute atomic E-state index is 0.285. The van der Waals surface area contributed by atoms with Gasteiger partial charge >= 0.3 is 0 Å². The first-order valence-electron chi connectivity index (χ1n) is 3.94. The summed E-state index contributed by atoms with van der Waals surface area (Å²) in [6, 6.07) is 5.64. The van der Waals surface area contributed by atoms with Gasteiger partial charge in [-0.05, 0) is 17.7 Å². The Kier molecular flexibility index (Phi) is 2.04. The highest BCUT2D eigenvalue weighted by Crippen LogP contribution is 2.32. The Balaban J connectivity index is 2.20. The lowest BCUT2D eigenvalue weighted by atomic mass is 10.1. The van der Waals surface area contributed by atoms with Gasteiger partial charge in [0.15, 0.2) is 11.5 Å². The SMILES string of the molecule is O/N=C\Cc1ccc2c(c1)OCO2. The molecule has 1 aliphatic heterocycles. The molecule has 0 fully saturated rings. The summed E-state index contributed by atoms with van der Waals surface area (Å²) < 4.78 is 10.3. The van der Waals surface area contributed by atoms with E-state index in [4.69, 9.17) is 14.7 Å². The lowest BCUT2D eigenvalue weighted by Gasteiger charge is -1.98. The summed E-state index contributed by atoms with van der Waals surface area (Å²) in [6.07, 6.45) is 2.02. The van der Waals surface area contributed by atoms with Crippen LogP contribution in [-0.2, 0) is 6.42 Å². The van der Waals surface area contributed by atoms with E-state index in [1.54, 1.807) is 0 Å². The molecule has 0 radical (unpaired) electrons. The number of benzene rings is 1. The average molecular weight is 179 g/mol. The zero-order valence-electron chi connectivity index (χ0n) is 6.93. The molecule has 1 aromatic rings. The molecule has 0 unspecified atom stereocenters. The zero-order valence-corrected chi connectivity index (χ0v) is 6.93. The van der Waals surface area contributed by atoms with Crippen molar-refractivity contribution in [2.45, 2.75) is 6.42 Å². The van der Waals surface area contributed by atoms with Crippen molar-refractivity contribution in [3.05, 3.63) is 23.8 Å². The Morgan fingerprint density at radius 1 is 1.38 bits per heavy atom. The maximum atomic E-state index is 8.23. The molecule has 1 aliphatic rings. The van der Waals surface area contributed by atoms with Crippen molar-refractivity contribution in [2.75, 3.05) is 6.79 Å². The van der Waals surface area contributed by atoms with E-state index < -0.39 is 0 Å². The monoisotopic (exact) mass is 179 g/mol. The normalized spacial score (nSPS) is 13.8. The van der Waals surface area contributed by atoms with E-state index in [-0.39, 0.29) is 6.79 Å². The van der Waals surface area contributed by atoms with Gasteiger partial charge in [-0.2, -0.15) is 0 Å². The molecular formula is C9H9NO3. The molecule has 0 aliphatic carbocycles. The van der Waals surface area contributed by atoms with E-state index >= 15 is 0 Å². The van der Waals surface area contributed by atoms with Crippen LogP contribution in [0.25, 0.3) is 0 Å². The number of fused-ring (bicyclic) bond motifs is 1. The largest absolute Gasteiger partial charge is 0.454 e. The highest BCUT2D eigenvalue weighted by Gasteiger charge is 2.12. The molecule has 13 heavy (non-hydrogen) atoms. The van der Waals surface area contributed by atoms with Crippen LogP contribution < -0.4 is 9.47 Å². The molecule has 0 amide bonds. The fourth-order valence-electron chi connectivity index (χ4n) is 1.21. The summed E-state index contributed by atoms with van der Waals surface area (Å²) in [6.45, 7) is 0.285. The summed E-state index contributed by atoms with van der Waals surface area (Å²) in [5, 5.41) is 11.2. The molecule has 1 aromatic carbocycles. The first kappa shape index (κ1) is 7.91. The number of hydrogen-bond acceptors (Lipinski definition) is 4. The molecule has 2 rings (SSSR count). The second-order valence-corrected chi connectivity index (χ2v) is 2.69. The van der Waals surface area contributed by atoms with E-state index in [1.165, 1.54) is 6.21 Å². The van der Waals surface area contributed by atoms with Gasteiger partial charge in [-0.3, -0.25) is 0 Å². The molecule has 4 nitrogen and oxygen atoms in total. The van der Waals surface area contributed by atoms with E-state index in [0.717, 1.165) is 17.1 Å². The van der Waals surface area contributed by atoms with Crippen LogP contribution >= 0.6 is 0 Å². The van der Waals surface area contributed by atoms with Crippen LogP contribution in [0.4, 0.5) is 0 Å². The maximum Gasteiger partial charge on any atom is 0.231 e. The van der Waals surface area contributed by atoms with Crippen LogP contribution in [0.1, 0.15) is 5.56 Å². The fourth-order valence-corrected chi connectivity index (χ4v) is 1.21. The van der Waals surface area contributed by atoms with Crippen molar-refractivity contribution in [3.8, 4) is 11.5 Å². The van der Waals surface area contributed by atoms with Crippen molar-refractivity contribution in [1.82, 2.24) is 0 Å². The fraction of sp³-hybridized carbons (Fsp3) is 0.222. The molecule has 0 saturated carbocycles. The Bertz CT molecular complexity index is 336. The highest BCUT2D eigenvalue weighted by atomic mass is 16.7. The van der Waals surface area contributed by atoms with Gasteiger partial charge in [0.1, 0.15) is 0 Å². The number of nitrogens with zero attached hydrogens (tertiary/aromatic N) is 1. The summed E-state index contributed by atoms with van der Waals surface area (Å²) in [4.78, 5) is 0. The van der Waals surface area contributed by atoms with E-state index in [1.807, 2.05) is 18.2 Å². The third kappa shape index (κ3) is 1.56. The summed E-state index contributed by atoms with van der Waals surface area (Å²) in [7, 11) is 0. The lowest BCUT2D eigenvalue weighted by molar-refractivity contribution is 0.174. The minimum atomic E-state index is 0.285. The van der Waals surface area contributed by atoms with Crippen LogP contribution in [0.2, 0.25) is 0 Å². The smallest absolute Gasteiger partial charge is 0.231 e. The average Bonchev–Trinajstić information content (AvgIpc) is 2.61. The highest BCUT2D eigenvalue weighted by molar-refractivity contribution is 5.61. The molecule has 1 N–H and O–H groups in total. The van der Waals surface area contributed by atoms with Crippen molar-refractivity contribution < 1.29 is 14.7 Å². The molecule has 0 aromatic heterocycles. The van der Waals surface area contributed by atoms with Crippen molar-refractivity contribution in [1.29, 1.82) is 0 Å². The quantitative estimate of drug-likeness (QED) is 0.424. The Hall–Kier alpha value is -1.71. The molecule has 0 bridgehead atoms. The second-order valence-electron chi connectivity index (χ2n) is 2.69. The third-order valence-electron chi connectivity index (χ3n) is 1.85. The van der Waals surface area contributed by atoms with Gasteiger partial charge in [0.25, 0.3) is 0 Å². The maximum absolute atomic E-state index is 8.23. The molecule has 68 valence electrons. The molecule has 4 heteroatoms. The van der Waals surface area contributed by atoms with Gasteiger partial charge in [-0.15, -0.1) is 5.16 Å². The topological polar surface area (TPSA) is 51.1 Å². The molecule has 1 heterocycles. The van der Waals surface area contributed by atoms with Gasteiger partial charge in [0.2, 0.25) is 6.79 Å². The number of ether oxygens (including phenoxy) is 2. The first-order valence-corrected chi connectivity index (χ1v) is 3.94. The summed E-state index contributed by atoms with van der Waals surface area (Å²) >= 11 is 0. The number of oxime groups is 1. The summed E-state index contributed by atoms with van der Waals surface area (Å²) in [5.41, 5.74) is 1.03. The predicted octanol–water partition coefficient (Wildman–Crippen LogP) is 1.42. The van der Waals surface area contributed by atoms with Gasteiger partial charge in [-0.1, -0.05) is 6.07 Å². The van der Waals surface area contributed by atoms with E-state index in [9.17, 15) is 0 Å². The number of rotatable bonds is 2. The molecule has 0 atom stereocenters. The first-order chi connectivity index (χ1) is 6.40. The summed E-state index contributed by atoms with van der Waals surface area (Å²) in [5.74, 6) is 1.52. The van der Waals surface area contributed by atoms with Crippen molar-refractivity contribution >= 4 is 6.21 Å². The molecule has 0 saturated heterocycles. The van der Waals surface area contributed by atoms with Crippen LogP contribution in [0.3, 0.4) is 0 Å². The van der Waals surface area contributed by atoms with Crippen LogP contribution in [0.15, 0.2) is 23.4 Å². The Morgan fingerprint density at radius 2 is 2.23 bits per heavy atom. The zero-order chi connectivity index (χ0) is 9.10. The van der Waals surface area contributed by atoms with Crippen LogP contribution in [-0.4, -0.2) is 18.2 Å². The second kappa shape index (κ2) is 3.35. The van der Waals surface area contributed by atoms with Crippen molar-refractivity contribution in [3.63, 3.8) is 0 Å². The third-order valence-corrected chi connectivity index (χ3v) is 1.85. The molecular weight excluding hydrogens is 170 g/mol. The van der Waals surface area contributed by atoms with Crippen LogP contribution in [0.5, 0.6) is 11.5 Å². The van der Waals surface area contributed by atoms with Gasteiger partial charge in [0.05, 0.1) is 0 Å². The van der Waals surface area contributed by atoms with Crippen molar-refractivity contribution in [2.24, 2.45) is 5.16 Å². The van der Waals surface area contributed by atoms with Gasteiger partial charge in [-0.25, -0.2) is 0 Å². The van der Waals surface area contributed by atoms with Crippen LogP contribution in [0, 0.1) is 0 Å². The standard InChI is InChI=1S/C9H9NO3/c11-10-4-3-7-1-2-8-9(5-7)13-6-12-8/h1-2,4-5,11H,3,6H2/b10-4-. The van der Waals surface area contributed by atoms with Gasteiger partial charge < -0.3 is 14.7 Å². The van der Waals surface area contributed by atoms with E-state index in [2.05, 4.69) is 5.16 Å². The minimum Gasteiger partial charge on any atom is -0.454 e.